The highest BCUT2D eigenvalue weighted by Gasteiger charge is 2.24. The second kappa shape index (κ2) is 7.16. The van der Waals surface area contributed by atoms with Crippen molar-refractivity contribution in [3.05, 3.63) is 66.3 Å². The number of aryl methyl sites for hydroxylation is 1. The second-order valence-electron chi connectivity index (χ2n) is 7.11. The van der Waals surface area contributed by atoms with Gasteiger partial charge in [-0.05, 0) is 24.3 Å². The van der Waals surface area contributed by atoms with Gasteiger partial charge < -0.3 is 14.3 Å². The van der Waals surface area contributed by atoms with Crippen LogP contribution in [0.1, 0.15) is 5.89 Å². The summed E-state index contributed by atoms with van der Waals surface area (Å²) in [4.78, 5) is 13.6. The van der Waals surface area contributed by atoms with Gasteiger partial charge in [0.05, 0.1) is 16.8 Å². The Kier molecular flexibility index (Phi) is 4.35. The molecule has 0 bridgehead atoms. The highest BCUT2D eigenvalue weighted by atomic mass is 19.1. The smallest absolute Gasteiger partial charge is 0.223 e. The van der Waals surface area contributed by atoms with Crippen molar-refractivity contribution in [2.24, 2.45) is 0 Å². The fraction of sp³-hybridized carbons (Fsp3) is 0.227. The normalized spacial score (nSPS) is 14.6. The molecule has 4 aromatic rings. The quantitative estimate of drug-likeness (QED) is 0.527. The van der Waals surface area contributed by atoms with E-state index in [1.54, 1.807) is 13.0 Å². The molecule has 1 aliphatic rings. The molecule has 5 rings (SSSR count). The first-order valence-corrected chi connectivity index (χ1v) is 9.64. The number of nitrogens with zero attached hydrogens (tertiary/aromatic N) is 5. The van der Waals surface area contributed by atoms with Crippen molar-refractivity contribution in [2.45, 2.75) is 6.92 Å². The van der Waals surface area contributed by atoms with Crippen LogP contribution in [0.25, 0.3) is 22.3 Å². The van der Waals surface area contributed by atoms with Crippen LogP contribution < -0.4 is 9.80 Å². The average Bonchev–Trinajstić information content (AvgIpc) is 3.19. The number of para-hydroxylation sites is 2. The number of pyridine rings is 1. The summed E-state index contributed by atoms with van der Waals surface area (Å²) in [7, 11) is 0. The van der Waals surface area contributed by atoms with E-state index in [2.05, 4.69) is 26.0 Å². The van der Waals surface area contributed by atoms with Gasteiger partial charge in [0.1, 0.15) is 11.6 Å². The molecule has 146 valence electrons. The lowest BCUT2D eigenvalue weighted by Gasteiger charge is -2.37. The van der Waals surface area contributed by atoms with Gasteiger partial charge in [0.2, 0.25) is 11.7 Å². The summed E-state index contributed by atoms with van der Waals surface area (Å²) in [6.07, 6.45) is 0. The molecule has 0 aliphatic carbocycles. The van der Waals surface area contributed by atoms with Crippen LogP contribution in [0, 0.1) is 12.7 Å². The molecule has 0 amide bonds. The van der Waals surface area contributed by atoms with Crippen molar-refractivity contribution in [2.75, 3.05) is 36.0 Å². The fourth-order valence-corrected chi connectivity index (χ4v) is 3.79. The van der Waals surface area contributed by atoms with Crippen molar-refractivity contribution < 1.29 is 8.91 Å². The average molecular weight is 389 g/mol. The Morgan fingerprint density at radius 3 is 2.38 bits per heavy atom. The fourth-order valence-electron chi connectivity index (χ4n) is 3.79. The van der Waals surface area contributed by atoms with Crippen molar-refractivity contribution in [3.63, 3.8) is 0 Å². The molecule has 6 nitrogen and oxygen atoms in total. The Labute approximate surface area is 167 Å². The number of benzene rings is 2. The molecule has 1 aliphatic heterocycles. The minimum atomic E-state index is -0.187. The maximum atomic E-state index is 14.2. The van der Waals surface area contributed by atoms with Gasteiger partial charge >= 0.3 is 0 Å². The maximum absolute atomic E-state index is 14.2. The Bertz CT molecular complexity index is 1170. The van der Waals surface area contributed by atoms with Crippen molar-refractivity contribution in [1.29, 1.82) is 0 Å². The number of hydrogen-bond acceptors (Lipinski definition) is 6. The SMILES string of the molecule is Cc1nc(-c2cc3ccccc3nc2N2CCN(c3ccccc3F)CC2)no1. The van der Waals surface area contributed by atoms with Gasteiger partial charge in [-0.25, -0.2) is 9.37 Å². The van der Waals surface area contributed by atoms with E-state index in [9.17, 15) is 4.39 Å². The molecule has 0 unspecified atom stereocenters. The van der Waals surface area contributed by atoms with Gasteiger partial charge in [0.15, 0.2) is 0 Å². The third-order valence-corrected chi connectivity index (χ3v) is 5.24. The minimum Gasteiger partial charge on any atom is -0.366 e. The lowest BCUT2D eigenvalue weighted by molar-refractivity contribution is 0.394. The molecule has 2 aromatic carbocycles. The predicted octanol–water partition coefficient (Wildman–Crippen LogP) is 4.06. The number of hydrogen-bond donors (Lipinski definition) is 0. The largest absolute Gasteiger partial charge is 0.366 e. The van der Waals surface area contributed by atoms with Gasteiger partial charge in [-0.15, -0.1) is 0 Å². The second-order valence-corrected chi connectivity index (χ2v) is 7.11. The summed E-state index contributed by atoms with van der Waals surface area (Å²) in [5.74, 6) is 1.70. The lowest BCUT2D eigenvalue weighted by Crippen LogP contribution is -2.47. The van der Waals surface area contributed by atoms with Crippen LogP contribution in [0.4, 0.5) is 15.9 Å². The van der Waals surface area contributed by atoms with Crippen molar-refractivity contribution in [3.8, 4) is 11.4 Å². The third kappa shape index (κ3) is 3.29. The van der Waals surface area contributed by atoms with Gasteiger partial charge in [0, 0.05) is 38.5 Å². The standard InChI is InChI=1S/C22H20FN5O/c1-15-24-21(26-29-15)17-14-16-6-2-4-8-19(16)25-22(17)28-12-10-27(11-13-28)20-9-5-3-7-18(20)23/h2-9,14H,10-13H2,1H3. The van der Waals surface area contributed by atoms with E-state index in [1.165, 1.54) is 6.07 Å². The van der Waals surface area contributed by atoms with E-state index < -0.39 is 0 Å². The Balaban J connectivity index is 1.49. The number of rotatable bonds is 3. The summed E-state index contributed by atoms with van der Waals surface area (Å²) >= 11 is 0. The van der Waals surface area contributed by atoms with Gasteiger partial charge in [0.25, 0.3) is 0 Å². The van der Waals surface area contributed by atoms with Crippen LogP contribution in [0.15, 0.2) is 59.1 Å². The number of halogens is 1. The molecular weight excluding hydrogens is 369 g/mol. The zero-order chi connectivity index (χ0) is 19.8. The zero-order valence-corrected chi connectivity index (χ0v) is 16.0. The molecule has 0 atom stereocenters. The molecule has 0 N–H and O–H groups in total. The first-order chi connectivity index (χ1) is 14.2. The highest BCUT2D eigenvalue weighted by molar-refractivity contribution is 5.88. The number of piperazine rings is 1. The highest BCUT2D eigenvalue weighted by Crippen LogP contribution is 2.32. The number of fused-ring (bicyclic) bond motifs is 1. The van der Waals surface area contributed by atoms with Crippen LogP contribution in [0.3, 0.4) is 0 Å². The minimum absolute atomic E-state index is 0.187. The van der Waals surface area contributed by atoms with Crippen molar-refractivity contribution >= 4 is 22.4 Å². The summed E-state index contributed by atoms with van der Waals surface area (Å²) in [6, 6.07) is 17.0. The van der Waals surface area contributed by atoms with E-state index in [1.807, 2.05) is 36.4 Å². The van der Waals surface area contributed by atoms with Crippen LogP contribution >= 0.6 is 0 Å². The molecule has 1 saturated heterocycles. The van der Waals surface area contributed by atoms with E-state index in [-0.39, 0.29) is 5.82 Å². The first-order valence-electron chi connectivity index (χ1n) is 9.64. The molecule has 3 heterocycles. The van der Waals surface area contributed by atoms with Crippen LogP contribution in [-0.2, 0) is 0 Å². The molecule has 1 fully saturated rings. The predicted molar refractivity (Wildman–Crippen MR) is 111 cm³/mol. The van der Waals surface area contributed by atoms with Crippen LogP contribution in [0.2, 0.25) is 0 Å². The summed E-state index contributed by atoms with van der Waals surface area (Å²) < 4.78 is 19.4. The Hall–Kier alpha value is -3.48. The monoisotopic (exact) mass is 389 g/mol. The summed E-state index contributed by atoms with van der Waals surface area (Å²) in [6.45, 7) is 4.64. The molecule has 0 saturated carbocycles. The zero-order valence-electron chi connectivity index (χ0n) is 16.0. The molecule has 7 heteroatoms. The van der Waals surface area contributed by atoms with E-state index in [0.29, 0.717) is 30.5 Å². The van der Waals surface area contributed by atoms with Gasteiger partial charge in [-0.3, -0.25) is 0 Å². The summed E-state index contributed by atoms with van der Waals surface area (Å²) in [5, 5.41) is 5.14. The van der Waals surface area contributed by atoms with Gasteiger partial charge in [-0.2, -0.15) is 4.98 Å². The van der Waals surface area contributed by atoms with E-state index >= 15 is 0 Å². The molecule has 0 spiro atoms. The van der Waals surface area contributed by atoms with E-state index in [4.69, 9.17) is 9.51 Å². The molecule has 0 radical (unpaired) electrons. The topological polar surface area (TPSA) is 58.3 Å². The number of aromatic nitrogens is 3. The third-order valence-electron chi connectivity index (χ3n) is 5.24. The molecular formula is C22H20FN5O. The van der Waals surface area contributed by atoms with Gasteiger partial charge in [-0.1, -0.05) is 35.5 Å². The Morgan fingerprint density at radius 1 is 0.897 bits per heavy atom. The molecule has 29 heavy (non-hydrogen) atoms. The van der Waals surface area contributed by atoms with Crippen LogP contribution in [0.5, 0.6) is 0 Å². The van der Waals surface area contributed by atoms with Crippen molar-refractivity contribution in [1.82, 2.24) is 15.1 Å². The van der Waals surface area contributed by atoms with Crippen LogP contribution in [-0.4, -0.2) is 41.3 Å². The lowest BCUT2D eigenvalue weighted by atomic mass is 10.1. The maximum Gasteiger partial charge on any atom is 0.223 e. The summed E-state index contributed by atoms with van der Waals surface area (Å²) in [5.41, 5.74) is 2.41. The number of anilines is 2. The molecule has 2 aromatic heterocycles. The van der Waals surface area contributed by atoms with E-state index in [0.717, 1.165) is 35.4 Å². The Morgan fingerprint density at radius 2 is 1.62 bits per heavy atom. The first kappa shape index (κ1) is 17.6.